The van der Waals surface area contributed by atoms with Crippen molar-refractivity contribution in [1.82, 2.24) is 5.32 Å². The molecule has 0 aliphatic rings. The molecular weight excluding hydrogens is 432 g/mol. The van der Waals surface area contributed by atoms with Gasteiger partial charge >= 0.3 is 0 Å². The van der Waals surface area contributed by atoms with E-state index in [-0.39, 0.29) is 11.9 Å². The third-order valence-corrected chi connectivity index (χ3v) is 4.58. The van der Waals surface area contributed by atoms with Crippen molar-refractivity contribution >= 4 is 38.5 Å². The van der Waals surface area contributed by atoms with Gasteiger partial charge in [0.1, 0.15) is 5.82 Å². The van der Waals surface area contributed by atoms with E-state index in [0.717, 1.165) is 23.0 Å². The van der Waals surface area contributed by atoms with Gasteiger partial charge in [-0.15, -0.1) is 0 Å². The van der Waals surface area contributed by atoms with Crippen LogP contribution in [0.15, 0.2) is 46.9 Å². The molecule has 0 aliphatic heterocycles. The average Bonchev–Trinajstić information content (AvgIpc) is 2.43. The molecule has 0 aromatic heterocycles. The predicted molar refractivity (Wildman–Crippen MR) is 93.4 cm³/mol. The van der Waals surface area contributed by atoms with Gasteiger partial charge in [-0.05, 0) is 77.0 Å². The molecule has 0 amide bonds. The van der Waals surface area contributed by atoms with Crippen molar-refractivity contribution in [3.05, 3.63) is 67.5 Å². The molecule has 1 nitrogen and oxygen atoms in total. The Balaban J connectivity index is 2.26. The molecule has 0 bridgehead atoms. The van der Waals surface area contributed by atoms with E-state index in [9.17, 15) is 4.39 Å². The summed E-state index contributed by atoms with van der Waals surface area (Å²) in [4.78, 5) is 0. The quantitative estimate of drug-likeness (QED) is 0.629. The molecule has 0 fully saturated rings. The highest BCUT2D eigenvalue weighted by atomic mass is 127. The monoisotopic (exact) mass is 447 g/mol. The van der Waals surface area contributed by atoms with Gasteiger partial charge < -0.3 is 5.32 Å². The number of rotatable bonds is 5. The number of hydrogen-bond donors (Lipinski definition) is 1. The van der Waals surface area contributed by atoms with Crippen molar-refractivity contribution in [2.45, 2.75) is 19.4 Å². The molecule has 20 heavy (non-hydrogen) atoms. The largest absolute Gasteiger partial charge is 0.310 e. The highest BCUT2D eigenvalue weighted by Gasteiger charge is 2.15. The smallest absolute Gasteiger partial charge is 0.123 e. The van der Waals surface area contributed by atoms with Crippen LogP contribution in [0.4, 0.5) is 4.39 Å². The Morgan fingerprint density at radius 3 is 2.55 bits per heavy atom. The Morgan fingerprint density at radius 2 is 1.90 bits per heavy atom. The number of likely N-dealkylation sites (N-methyl/N-ethyl adjacent to an activating group) is 1. The molecule has 0 saturated carbocycles. The summed E-state index contributed by atoms with van der Waals surface area (Å²) in [5.74, 6) is -0.200. The average molecular weight is 448 g/mol. The molecule has 0 aliphatic carbocycles. The van der Waals surface area contributed by atoms with Crippen LogP contribution in [-0.2, 0) is 6.42 Å². The highest BCUT2D eigenvalue weighted by molar-refractivity contribution is 14.1. The fourth-order valence-corrected chi connectivity index (χ4v) is 3.06. The lowest BCUT2D eigenvalue weighted by Crippen LogP contribution is -2.23. The van der Waals surface area contributed by atoms with E-state index in [1.807, 2.05) is 0 Å². The summed E-state index contributed by atoms with van der Waals surface area (Å²) in [5, 5.41) is 3.43. The fraction of sp³-hybridized carbons (Fsp3) is 0.250. The Bertz CT molecular complexity index is 571. The van der Waals surface area contributed by atoms with E-state index in [2.05, 4.69) is 75.0 Å². The van der Waals surface area contributed by atoms with Crippen molar-refractivity contribution in [3.8, 4) is 0 Å². The molecule has 1 atom stereocenters. The van der Waals surface area contributed by atoms with E-state index < -0.39 is 0 Å². The number of hydrogen-bond acceptors (Lipinski definition) is 1. The highest BCUT2D eigenvalue weighted by Crippen LogP contribution is 2.27. The minimum Gasteiger partial charge on any atom is -0.310 e. The van der Waals surface area contributed by atoms with Gasteiger partial charge in [0.15, 0.2) is 0 Å². The molecule has 2 aromatic rings. The van der Waals surface area contributed by atoms with E-state index in [0.29, 0.717) is 0 Å². The minimum absolute atomic E-state index is 0.102. The molecule has 106 valence electrons. The molecule has 1 N–H and O–H groups in total. The maximum absolute atomic E-state index is 13.5. The fourth-order valence-electron chi connectivity index (χ4n) is 2.18. The third kappa shape index (κ3) is 4.27. The van der Waals surface area contributed by atoms with Crippen LogP contribution < -0.4 is 5.32 Å². The lowest BCUT2D eigenvalue weighted by Gasteiger charge is -2.20. The molecule has 1 unspecified atom stereocenters. The maximum Gasteiger partial charge on any atom is 0.123 e. The van der Waals surface area contributed by atoms with E-state index >= 15 is 0 Å². The Hall–Kier alpha value is -0.460. The summed E-state index contributed by atoms with van der Waals surface area (Å²) in [6.07, 6.45) is 0.840. The summed E-state index contributed by atoms with van der Waals surface area (Å²) in [6, 6.07) is 13.4. The van der Waals surface area contributed by atoms with Crippen molar-refractivity contribution < 1.29 is 4.39 Å². The summed E-state index contributed by atoms with van der Waals surface area (Å²) in [6.45, 7) is 2.91. The van der Waals surface area contributed by atoms with Crippen molar-refractivity contribution in [2.75, 3.05) is 6.54 Å². The summed E-state index contributed by atoms with van der Waals surface area (Å²) < 4.78 is 15.7. The molecule has 0 saturated heterocycles. The topological polar surface area (TPSA) is 12.0 Å². The van der Waals surface area contributed by atoms with Crippen molar-refractivity contribution in [3.63, 3.8) is 0 Å². The van der Waals surface area contributed by atoms with Crippen LogP contribution in [0.5, 0.6) is 0 Å². The number of halogens is 3. The number of nitrogens with one attached hydrogen (secondary N) is 1. The zero-order valence-corrected chi connectivity index (χ0v) is 14.9. The van der Waals surface area contributed by atoms with Gasteiger partial charge in [-0.25, -0.2) is 4.39 Å². The van der Waals surface area contributed by atoms with Crippen LogP contribution in [0.2, 0.25) is 0 Å². The molecule has 0 radical (unpaired) electrons. The molecule has 0 spiro atoms. The standard InChI is InChI=1S/C16H16BrFIN/c1-2-20-16(9-11-3-6-13(19)7-4-11)14-10-12(18)5-8-15(14)17/h3-8,10,16,20H,2,9H2,1H3. The number of benzene rings is 2. The Morgan fingerprint density at radius 1 is 1.20 bits per heavy atom. The Labute approximate surface area is 141 Å². The first-order chi connectivity index (χ1) is 9.60. The second-order valence-corrected chi connectivity index (χ2v) is 6.71. The molecule has 4 heteroatoms. The zero-order chi connectivity index (χ0) is 14.5. The van der Waals surface area contributed by atoms with Crippen LogP contribution >= 0.6 is 38.5 Å². The molecule has 2 aromatic carbocycles. The summed E-state index contributed by atoms with van der Waals surface area (Å²) in [7, 11) is 0. The maximum atomic E-state index is 13.5. The van der Waals surface area contributed by atoms with E-state index in [4.69, 9.17) is 0 Å². The van der Waals surface area contributed by atoms with E-state index in [1.165, 1.54) is 15.2 Å². The van der Waals surface area contributed by atoms with Crippen LogP contribution in [0, 0.1) is 9.39 Å². The minimum atomic E-state index is -0.200. The summed E-state index contributed by atoms with van der Waals surface area (Å²) >= 11 is 5.81. The normalized spacial score (nSPS) is 12.4. The predicted octanol–water partition coefficient (Wildman–Crippen LogP) is 5.09. The summed E-state index contributed by atoms with van der Waals surface area (Å²) in [5.41, 5.74) is 2.21. The van der Waals surface area contributed by atoms with E-state index in [1.54, 1.807) is 12.1 Å². The Kier molecular flexibility index (Phi) is 5.99. The van der Waals surface area contributed by atoms with Crippen LogP contribution in [0.3, 0.4) is 0 Å². The SMILES string of the molecule is CCNC(Cc1ccc(I)cc1)c1cc(F)ccc1Br. The second-order valence-electron chi connectivity index (χ2n) is 4.61. The van der Waals surface area contributed by atoms with Crippen LogP contribution in [-0.4, -0.2) is 6.54 Å². The molecular formula is C16H16BrFIN. The van der Waals surface area contributed by atoms with Crippen LogP contribution in [0.25, 0.3) is 0 Å². The van der Waals surface area contributed by atoms with Gasteiger partial charge in [0.25, 0.3) is 0 Å². The molecule has 0 heterocycles. The third-order valence-electron chi connectivity index (χ3n) is 3.14. The van der Waals surface area contributed by atoms with Crippen molar-refractivity contribution in [2.24, 2.45) is 0 Å². The first-order valence-electron chi connectivity index (χ1n) is 6.53. The van der Waals surface area contributed by atoms with Gasteiger partial charge in [0.2, 0.25) is 0 Å². The van der Waals surface area contributed by atoms with Crippen LogP contribution in [0.1, 0.15) is 24.1 Å². The van der Waals surface area contributed by atoms with Gasteiger partial charge in [0.05, 0.1) is 0 Å². The second kappa shape index (κ2) is 7.52. The van der Waals surface area contributed by atoms with Gasteiger partial charge in [-0.1, -0.05) is 35.0 Å². The van der Waals surface area contributed by atoms with Crippen molar-refractivity contribution in [1.29, 1.82) is 0 Å². The first kappa shape index (κ1) is 15.9. The lowest BCUT2D eigenvalue weighted by atomic mass is 9.99. The zero-order valence-electron chi connectivity index (χ0n) is 11.2. The first-order valence-corrected chi connectivity index (χ1v) is 8.40. The van der Waals surface area contributed by atoms with Gasteiger partial charge in [-0.3, -0.25) is 0 Å². The lowest BCUT2D eigenvalue weighted by molar-refractivity contribution is 0.540. The van der Waals surface area contributed by atoms with Gasteiger partial charge in [0, 0.05) is 14.1 Å². The molecule has 2 rings (SSSR count). The van der Waals surface area contributed by atoms with Gasteiger partial charge in [-0.2, -0.15) is 0 Å².